The molecule has 0 amide bonds. The third-order valence-electron chi connectivity index (χ3n) is 8.67. The van der Waals surface area contributed by atoms with Gasteiger partial charge in [-0.2, -0.15) is 0 Å². The zero-order chi connectivity index (χ0) is 27.1. The van der Waals surface area contributed by atoms with Crippen LogP contribution in [0, 0.1) is 5.92 Å². The van der Waals surface area contributed by atoms with E-state index < -0.39 is 0 Å². The average molecular weight is 516 g/mol. The second kappa shape index (κ2) is 10.2. The minimum atomic E-state index is 0.522. The lowest BCUT2D eigenvalue weighted by atomic mass is 9.84. The lowest BCUT2D eigenvalue weighted by molar-refractivity contribution is 0.485. The number of nitrogens with zero attached hydrogens (tertiary/aromatic N) is 1. The molecule has 0 aliphatic heterocycles. The molecule has 2 atom stereocenters. The molecule has 40 heavy (non-hydrogen) atoms. The smallest absolute Gasteiger partial charge is 0.0547 e. The summed E-state index contributed by atoms with van der Waals surface area (Å²) in [6.45, 7) is 4.72. The Bertz CT molecular complexity index is 1930. The van der Waals surface area contributed by atoms with Crippen molar-refractivity contribution < 1.29 is 0 Å². The quantitative estimate of drug-likeness (QED) is 0.208. The van der Waals surface area contributed by atoms with E-state index in [2.05, 4.69) is 158 Å². The standard InChI is InChI=1S/C39H33N/c1-27(28(2)30-12-5-3-6-13-30)24-29-20-22-31(23-21-29)35-18-11-19-37-39(35)36-25-32-14-9-10-15-33(32)26-38(36)40(37)34-16-7-4-8-17-34/h3-23,25-28H,24H2,1-2H3. The van der Waals surface area contributed by atoms with Crippen LogP contribution in [0.5, 0.6) is 0 Å². The predicted octanol–water partition coefficient (Wildman–Crippen LogP) is 10.6. The number of rotatable bonds is 6. The Hall–Kier alpha value is -4.62. The summed E-state index contributed by atoms with van der Waals surface area (Å²) in [7, 11) is 0. The van der Waals surface area contributed by atoms with Gasteiger partial charge in [-0.05, 0) is 81.6 Å². The van der Waals surface area contributed by atoms with E-state index in [1.54, 1.807) is 0 Å². The number of aromatic nitrogens is 1. The normalized spacial score (nSPS) is 13.2. The first-order valence-corrected chi connectivity index (χ1v) is 14.3. The van der Waals surface area contributed by atoms with Crippen LogP contribution >= 0.6 is 0 Å². The van der Waals surface area contributed by atoms with Crippen LogP contribution in [-0.4, -0.2) is 4.57 Å². The maximum absolute atomic E-state index is 2.42. The van der Waals surface area contributed by atoms with Gasteiger partial charge in [0.1, 0.15) is 0 Å². The maximum Gasteiger partial charge on any atom is 0.0547 e. The molecule has 0 radical (unpaired) electrons. The SMILES string of the molecule is CC(Cc1ccc(-c2cccc3c2c2cc4ccccc4cc2n3-c2ccccc2)cc1)C(C)c1ccccc1. The molecule has 1 nitrogen and oxygen atoms in total. The van der Waals surface area contributed by atoms with Gasteiger partial charge in [-0.3, -0.25) is 0 Å². The third-order valence-corrected chi connectivity index (χ3v) is 8.67. The van der Waals surface area contributed by atoms with Crippen molar-refractivity contribution in [3.63, 3.8) is 0 Å². The van der Waals surface area contributed by atoms with Gasteiger partial charge in [0.25, 0.3) is 0 Å². The van der Waals surface area contributed by atoms with Crippen molar-refractivity contribution in [1.82, 2.24) is 4.57 Å². The second-order valence-corrected chi connectivity index (χ2v) is 11.2. The average Bonchev–Trinajstić information content (AvgIpc) is 3.34. The molecule has 0 aliphatic carbocycles. The van der Waals surface area contributed by atoms with Gasteiger partial charge >= 0.3 is 0 Å². The van der Waals surface area contributed by atoms with Crippen LogP contribution < -0.4 is 0 Å². The number of benzene rings is 6. The van der Waals surface area contributed by atoms with Crippen molar-refractivity contribution in [2.45, 2.75) is 26.2 Å². The maximum atomic E-state index is 2.42. The first-order valence-electron chi connectivity index (χ1n) is 14.3. The van der Waals surface area contributed by atoms with E-state index in [1.165, 1.54) is 60.5 Å². The van der Waals surface area contributed by atoms with Gasteiger partial charge in [-0.1, -0.05) is 123 Å². The van der Waals surface area contributed by atoms with Crippen molar-refractivity contribution in [2.24, 2.45) is 5.92 Å². The minimum Gasteiger partial charge on any atom is -0.309 e. The summed E-state index contributed by atoms with van der Waals surface area (Å²) in [5, 5.41) is 5.14. The summed E-state index contributed by atoms with van der Waals surface area (Å²) in [5.41, 5.74) is 9.02. The van der Waals surface area contributed by atoms with Gasteiger partial charge in [0, 0.05) is 16.5 Å². The van der Waals surface area contributed by atoms with Crippen molar-refractivity contribution in [1.29, 1.82) is 0 Å². The molecule has 0 spiro atoms. The number of para-hydroxylation sites is 1. The van der Waals surface area contributed by atoms with Crippen molar-refractivity contribution in [3.05, 3.63) is 151 Å². The molecule has 0 bridgehead atoms. The van der Waals surface area contributed by atoms with Gasteiger partial charge in [0.05, 0.1) is 11.0 Å². The molecule has 194 valence electrons. The third kappa shape index (κ3) is 4.28. The highest BCUT2D eigenvalue weighted by Crippen LogP contribution is 2.40. The lowest BCUT2D eigenvalue weighted by Gasteiger charge is -2.20. The molecule has 7 rings (SSSR count). The van der Waals surface area contributed by atoms with Gasteiger partial charge in [0.2, 0.25) is 0 Å². The number of hydrogen-bond donors (Lipinski definition) is 0. The molecule has 7 aromatic rings. The topological polar surface area (TPSA) is 4.93 Å². The Labute approximate surface area is 236 Å². The van der Waals surface area contributed by atoms with E-state index in [0.717, 1.165) is 6.42 Å². The van der Waals surface area contributed by atoms with Crippen LogP contribution in [0.4, 0.5) is 0 Å². The van der Waals surface area contributed by atoms with Crippen molar-refractivity contribution >= 4 is 32.6 Å². The number of hydrogen-bond acceptors (Lipinski definition) is 0. The molecule has 1 aromatic heterocycles. The van der Waals surface area contributed by atoms with Gasteiger partial charge in [0.15, 0.2) is 0 Å². The van der Waals surface area contributed by atoms with Crippen molar-refractivity contribution in [3.8, 4) is 16.8 Å². The Morgan fingerprint density at radius 1 is 0.575 bits per heavy atom. The first-order chi connectivity index (χ1) is 19.7. The van der Waals surface area contributed by atoms with Crippen LogP contribution in [0.15, 0.2) is 140 Å². The summed E-state index contributed by atoms with van der Waals surface area (Å²) in [4.78, 5) is 0. The Balaban J connectivity index is 1.33. The number of fused-ring (bicyclic) bond motifs is 4. The van der Waals surface area contributed by atoms with Gasteiger partial charge in [-0.25, -0.2) is 0 Å². The summed E-state index contributed by atoms with van der Waals surface area (Å²) >= 11 is 0. The van der Waals surface area contributed by atoms with Crippen LogP contribution in [-0.2, 0) is 6.42 Å². The van der Waals surface area contributed by atoms with Crippen LogP contribution in [0.25, 0.3) is 49.4 Å². The molecule has 1 heterocycles. The summed E-state index contributed by atoms with van der Waals surface area (Å²) in [6, 6.07) is 51.0. The van der Waals surface area contributed by atoms with Crippen LogP contribution in [0.3, 0.4) is 0 Å². The lowest BCUT2D eigenvalue weighted by Crippen LogP contribution is -2.09. The van der Waals surface area contributed by atoms with Crippen LogP contribution in [0.1, 0.15) is 30.9 Å². The Kier molecular flexibility index (Phi) is 6.21. The molecular formula is C39H33N. The van der Waals surface area contributed by atoms with E-state index in [0.29, 0.717) is 11.8 Å². The van der Waals surface area contributed by atoms with E-state index >= 15 is 0 Å². The molecule has 0 aliphatic rings. The highest BCUT2D eigenvalue weighted by Gasteiger charge is 2.18. The monoisotopic (exact) mass is 515 g/mol. The van der Waals surface area contributed by atoms with E-state index in [4.69, 9.17) is 0 Å². The largest absolute Gasteiger partial charge is 0.309 e. The Morgan fingerprint density at radius 2 is 1.23 bits per heavy atom. The molecule has 0 N–H and O–H groups in total. The van der Waals surface area contributed by atoms with E-state index in [9.17, 15) is 0 Å². The fraction of sp³-hybridized carbons (Fsp3) is 0.128. The van der Waals surface area contributed by atoms with Gasteiger partial charge in [-0.15, -0.1) is 0 Å². The molecule has 0 saturated carbocycles. The zero-order valence-electron chi connectivity index (χ0n) is 23.1. The minimum absolute atomic E-state index is 0.522. The van der Waals surface area contributed by atoms with Crippen LogP contribution in [0.2, 0.25) is 0 Å². The molecule has 6 aromatic carbocycles. The fourth-order valence-electron chi connectivity index (χ4n) is 6.30. The Morgan fingerprint density at radius 3 is 1.95 bits per heavy atom. The van der Waals surface area contributed by atoms with E-state index in [-0.39, 0.29) is 0 Å². The summed E-state index contributed by atoms with van der Waals surface area (Å²) in [6.07, 6.45) is 1.07. The predicted molar refractivity (Wildman–Crippen MR) is 171 cm³/mol. The first kappa shape index (κ1) is 24.4. The highest BCUT2D eigenvalue weighted by atomic mass is 15.0. The van der Waals surface area contributed by atoms with Gasteiger partial charge < -0.3 is 4.57 Å². The summed E-state index contributed by atoms with van der Waals surface area (Å²) < 4.78 is 2.42. The van der Waals surface area contributed by atoms with E-state index in [1.807, 2.05) is 0 Å². The highest BCUT2D eigenvalue weighted by molar-refractivity contribution is 6.18. The second-order valence-electron chi connectivity index (χ2n) is 11.2. The molecule has 1 heteroatoms. The zero-order valence-corrected chi connectivity index (χ0v) is 23.1. The summed E-state index contributed by atoms with van der Waals surface area (Å²) in [5.74, 6) is 1.09. The molecular weight excluding hydrogens is 482 g/mol. The molecule has 0 saturated heterocycles. The molecule has 2 unspecified atom stereocenters. The molecule has 0 fully saturated rings. The fourth-order valence-corrected chi connectivity index (χ4v) is 6.30. The van der Waals surface area contributed by atoms with Crippen molar-refractivity contribution in [2.75, 3.05) is 0 Å².